The summed E-state index contributed by atoms with van der Waals surface area (Å²) in [6, 6.07) is 7.29. The van der Waals surface area contributed by atoms with E-state index in [9.17, 15) is 14.4 Å². The maximum absolute atomic E-state index is 12.6. The second-order valence-corrected chi connectivity index (χ2v) is 5.90. The van der Waals surface area contributed by atoms with E-state index >= 15 is 0 Å². The molecular weight excluding hydrogens is 338 g/mol. The first-order chi connectivity index (χ1) is 11.9. The van der Waals surface area contributed by atoms with Gasteiger partial charge in [-0.2, -0.15) is 0 Å². The first kappa shape index (κ1) is 16.8. The van der Waals surface area contributed by atoms with Crippen molar-refractivity contribution in [3.63, 3.8) is 0 Å². The van der Waals surface area contributed by atoms with E-state index in [1.165, 1.54) is 28.5 Å². The highest BCUT2D eigenvalue weighted by Gasteiger charge is 2.32. The third-order valence-corrected chi connectivity index (χ3v) is 4.20. The molecule has 1 aliphatic heterocycles. The molecule has 1 N–H and O–H groups in total. The van der Waals surface area contributed by atoms with E-state index in [2.05, 4.69) is 11.9 Å². The Bertz CT molecular complexity index is 971. The lowest BCUT2D eigenvalue weighted by atomic mass is 10.1. The molecule has 0 radical (unpaired) electrons. The van der Waals surface area contributed by atoms with Crippen molar-refractivity contribution in [2.75, 3.05) is 6.54 Å². The van der Waals surface area contributed by atoms with Crippen LogP contribution in [0.15, 0.2) is 48.7 Å². The van der Waals surface area contributed by atoms with Crippen LogP contribution in [-0.2, 0) is 9.59 Å². The van der Waals surface area contributed by atoms with E-state index in [-0.39, 0.29) is 23.1 Å². The molecule has 6 nitrogen and oxygen atoms in total. The topological polar surface area (TPSA) is 71.4 Å². The zero-order valence-corrected chi connectivity index (χ0v) is 14.3. The summed E-state index contributed by atoms with van der Waals surface area (Å²) in [6.45, 7) is 5.24. The summed E-state index contributed by atoms with van der Waals surface area (Å²) in [7, 11) is 0. The van der Waals surface area contributed by atoms with Gasteiger partial charge in [-0.1, -0.05) is 24.3 Å². The Labute approximate surface area is 149 Å². The number of fused-ring (bicyclic) bond motifs is 1. The fraction of sp³-hybridized carbons (Fsp3) is 0.111. The Kier molecular flexibility index (Phi) is 4.33. The minimum atomic E-state index is -0.560. The van der Waals surface area contributed by atoms with Crippen LogP contribution in [0, 0.1) is 0 Å². The lowest BCUT2D eigenvalue weighted by Crippen LogP contribution is -2.53. The molecule has 1 aromatic heterocycles. The highest BCUT2D eigenvalue weighted by atomic mass is 32.1. The molecule has 126 valence electrons. The third kappa shape index (κ3) is 2.89. The summed E-state index contributed by atoms with van der Waals surface area (Å²) < 4.78 is 1.49. The monoisotopic (exact) mass is 353 g/mol. The number of para-hydroxylation sites is 1. The Hall–Kier alpha value is -3.06. The average molecular weight is 353 g/mol. The molecule has 0 atom stereocenters. The zero-order chi connectivity index (χ0) is 18.1. The molecule has 2 aromatic rings. The van der Waals surface area contributed by atoms with Crippen LogP contribution >= 0.6 is 12.2 Å². The number of benzene rings is 1. The van der Waals surface area contributed by atoms with Crippen molar-refractivity contribution >= 4 is 52.0 Å². The molecular formula is C18H15N3O3S. The summed E-state index contributed by atoms with van der Waals surface area (Å²) in [5.74, 6) is -1.21. The SMILES string of the molecule is C=CCN1C(=O)/C(=C\c2cn(C(C)=O)c3ccccc23)C(=O)NC1=S. The van der Waals surface area contributed by atoms with Crippen LogP contribution in [-0.4, -0.2) is 38.8 Å². The van der Waals surface area contributed by atoms with Gasteiger partial charge in [-0.3, -0.25) is 29.2 Å². The van der Waals surface area contributed by atoms with Gasteiger partial charge in [0.2, 0.25) is 5.91 Å². The van der Waals surface area contributed by atoms with Gasteiger partial charge in [0.05, 0.1) is 5.52 Å². The van der Waals surface area contributed by atoms with E-state index in [1.54, 1.807) is 12.3 Å². The van der Waals surface area contributed by atoms with E-state index < -0.39 is 11.8 Å². The van der Waals surface area contributed by atoms with Crippen molar-refractivity contribution in [2.45, 2.75) is 6.92 Å². The van der Waals surface area contributed by atoms with Gasteiger partial charge < -0.3 is 0 Å². The van der Waals surface area contributed by atoms with Crippen LogP contribution < -0.4 is 5.32 Å². The molecule has 1 saturated heterocycles. The maximum Gasteiger partial charge on any atom is 0.265 e. The van der Waals surface area contributed by atoms with Crippen molar-refractivity contribution < 1.29 is 14.4 Å². The van der Waals surface area contributed by atoms with Crippen LogP contribution in [0.3, 0.4) is 0 Å². The van der Waals surface area contributed by atoms with E-state index in [4.69, 9.17) is 12.2 Å². The number of amides is 2. The summed E-state index contributed by atoms with van der Waals surface area (Å²) in [6.07, 6.45) is 4.63. The van der Waals surface area contributed by atoms with Crippen molar-refractivity contribution in [3.05, 3.63) is 54.3 Å². The Morgan fingerprint density at radius 1 is 1.32 bits per heavy atom. The van der Waals surface area contributed by atoms with Gasteiger partial charge in [0.15, 0.2) is 5.11 Å². The zero-order valence-electron chi connectivity index (χ0n) is 13.5. The van der Waals surface area contributed by atoms with Crippen LogP contribution in [0.1, 0.15) is 17.3 Å². The Balaban J connectivity index is 2.14. The predicted molar refractivity (Wildman–Crippen MR) is 98.9 cm³/mol. The second-order valence-electron chi connectivity index (χ2n) is 5.51. The van der Waals surface area contributed by atoms with Crippen molar-refractivity contribution in [3.8, 4) is 0 Å². The van der Waals surface area contributed by atoms with Crippen LogP contribution in [0.2, 0.25) is 0 Å². The number of carbonyl (C=O) groups excluding carboxylic acids is 3. The molecule has 0 unspecified atom stereocenters. The normalized spacial score (nSPS) is 16.4. The highest BCUT2D eigenvalue weighted by Crippen LogP contribution is 2.25. The van der Waals surface area contributed by atoms with Gasteiger partial charge in [0.25, 0.3) is 11.8 Å². The van der Waals surface area contributed by atoms with Crippen molar-refractivity contribution in [1.29, 1.82) is 0 Å². The molecule has 0 spiro atoms. The van der Waals surface area contributed by atoms with Gasteiger partial charge in [-0.05, 0) is 24.4 Å². The standard InChI is InChI=1S/C18H15N3O3S/c1-3-8-20-17(24)14(16(23)19-18(20)25)9-12-10-21(11(2)22)15-7-5-4-6-13(12)15/h3-7,9-10H,1,8H2,2H3,(H,19,23,25)/b14-9-. The van der Waals surface area contributed by atoms with Crippen LogP contribution in [0.4, 0.5) is 0 Å². The Morgan fingerprint density at radius 2 is 2.04 bits per heavy atom. The number of hydrogen-bond donors (Lipinski definition) is 1. The summed E-state index contributed by atoms with van der Waals surface area (Å²) in [4.78, 5) is 37.9. The van der Waals surface area contributed by atoms with Crippen molar-refractivity contribution in [2.24, 2.45) is 0 Å². The van der Waals surface area contributed by atoms with E-state index in [1.807, 2.05) is 18.2 Å². The first-order valence-electron chi connectivity index (χ1n) is 7.55. The number of aromatic nitrogens is 1. The number of nitrogens with one attached hydrogen (secondary N) is 1. The smallest absolute Gasteiger partial charge is 0.265 e. The molecule has 1 fully saturated rings. The number of nitrogens with zero attached hydrogens (tertiary/aromatic N) is 2. The summed E-state index contributed by atoms with van der Waals surface area (Å²) in [5, 5.41) is 3.33. The van der Waals surface area contributed by atoms with Gasteiger partial charge in [0, 0.05) is 30.6 Å². The molecule has 0 aliphatic carbocycles. The quantitative estimate of drug-likeness (QED) is 0.397. The van der Waals surface area contributed by atoms with E-state index in [0.29, 0.717) is 11.1 Å². The first-order valence-corrected chi connectivity index (χ1v) is 7.95. The molecule has 25 heavy (non-hydrogen) atoms. The van der Waals surface area contributed by atoms with E-state index in [0.717, 1.165) is 5.39 Å². The molecule has 2 heterocycles. The fourth-order valence-corrected chi connectivity index (χ4v) is 2.98. The number of rotatable bonds is 3. The van der Waals surface area contributed by atoms with Gasteiger partial charge in [-0.15, -0.1) is 6.58 Å². The van der Waals surface area contributed by atoms with Gasteiger partial charge in [-0.25, -0.2) is 0 Å². The van der Waals surface area contributed by atoms with Crippen molar-refractivity contribution in [1.82, 2.24) is 14.8 Å². The van der Waals surface area contributed by atoms with Gasteiger partial charge >= 0.3 is 0 Å². The minimum absolute atomic E-state index is 0.0399. The van der Waals surface area contributed by atoms with Crippen LogP contribution in [0.25, 0.3) is 17.0 Å². The number of hydrogen-bond acceptors (Lipinski definition) is 4. The fourth-order valence-electron chi connectivity index (χ4n) is 2.73. The van der Waals surface area contributed by atoms with Crippen LogP contribution in [0.5, 0.6) is 0 Å². The number of carbonyl (C=O) groups is 3. The molecule has 3 rings (SSSR count). The minimum Gasteiger partial charge on any atom is -0.298 e. The average Bonchev–Trinajstić information content (AvgIpc) is 2.94. The molecule has 0 saturated carbocycles. The molecule has 1 aliphatic rings. The lowest BCUT2D eigenvalue weighted by Gasteiger charge is -2.27. The number of thiocarbonyl (C=S) groups is 1. The molecule has 2 amide bonds. The molecule has 0 bridgehead atoms. The summed E-state index contributed by atoms with van der Waals surface area (Å²) in [5.41, 5.74) is 1.28. The highest BCUT2D eigenvalue weighted by molar-refractivity contribution is 7.80. The predicted octanol–water partition coefficient (Wildman–Crippen LogP) is 2.11. The lowest BCUT2D eigenvalue weighted by molar-refractivity contribution is -0.128. The largest absolute Gasteiger partial charge is 0.298 e. The molecule has 1 aromatic carbocycles. The van der Waals surface area contributed by atoms with Gasteiger partial charge in [0.1, 0.15) is 5.57 Å². The third-order valence-electron chi connectivity index (χ3n) is 3.88. The second kappa shape index (κ2) is 6.45. The maximum atomic E-state index is 12.6. The molecule has 7 heteroatoms. The summed E-state index contributed by atoms with van der Waals surface area (Å²) >= 11 is 5.03. The Morgan fingerprint density at radius 3 is 2.72 bits per heavy atom.